The van der Waals surface area contributed by atoms with E-state index in [-0.39, 0.29) is 6.61 Å². The van der Waals surface area contributed by atoms with Crippen LogP contribution in [0.15, 0.2) is 67.3 Å². The van der Waals surface area contributed by atoms with Crippen LogP contribution in [0.2, 0.25) is 0 Å². The Kier molecular flexibility index (Phi) is 6.05. The number of anilines is 1. The van der Waals surface area contributed by atoms with Crippen LogP contribution < -0.4 is 10.1 Å². The Bertz CT molecular complexity index is 611. The van der Waals surface area contributed by atoms with Gasteiger partial charge in [0.15, 0.2) is 0 Å². The van der Waals surface area contributed by atoms with Crippen molar-refractivity contribution in [1.82, 2.24) is 0 Å². The summed E-state index contributed by atoms with van der Waals surface area (Å²) in [4.78, 5) is 11.8. The average molecular weight is 297 g/mol. The van der Waals surface area contributed by atoms with E-state index in [9.17, 15) is 4.79 Å². The Balaban J connectivity index is 1.83. The molecular weight excluding hydrogens is 278 g/mol. The fourth-order valence-corrected chi connectivity index (χ4v) is 1.80. The summed E-state index contributed by atoms with van der Waals surface area (Å²) in [6.07, 6.45) is 2.08. The minimum atomic E-state index is -0.493. The highest BCUT2D eigenvalue weighted by Crippen LogP contribution is 2.18. The molecule has 0 unspecified atom stereocenters. The first-order chi connectivity index (χ1) is 10.8. The number of hydrogen-bond acceptors (Lipinski definition) is 3. The highest BCUT2D eigenvalue weighted by Gasteiger charge is 2.04. The van der Waals surface area contributed by atoms with Gasteiger partial charge in [0.05, 0.1) is 6.61 Å². The highest BCUT2D eigenvalue weighted by molar-refractivity contribution is 5.84. The monoisotopic (exact) mass is 297 g/mol. The maximum absolute atomic E-state index is 11.8. The normalized spacial score (nSPS) is 9.82. The van der Waals surface area contributed by atoms with Gasteiger partial charge in [-0.05, 0) is 24.1 Å². The van der Waals surface area contributed by atoms with Gasteiger partial charge in [0.2, 0.25) is 0 Å². The van der Waals surface area contributed by atoms with Crippen LogP contribution in [0.5, 0.6) is 5.75 Å². The number of benzene rings is 2. The Hall–Kier alpha value is -2.75. The Morgan fingerprint density at radius 1 is 1.14 bits per heavy atom. The van der Waals surface area contributed by atoms with Crippen molar-refractivity contribution in [3.63, 3.8) is 0 Å². The van der Waals surface area contributed by atoms with Gasteiger partial charge in [-0.25, -0.2) is 4.79 Å². The molecule has 2 aromatic carbocycles. The van der Waals surface area contributed by atoms with Crippen LogP contribution in [0.25, 0.3) is 0 Å². The average Bonchev–Trinajstić information content (AvgIpc) is 2.55. The van der Waals surface area contributed by atoms with Gasteiger partial charge in [-0.1, -0.05) is 42.5 Å². The van der Waals surface area contributed by atoms with Crippen molar-refractivity contribution in [3.8, 4) is 5.75 Å². The van der Waals surface area contributed by atoms with E-state index in [0.717, 1.165) is 12.0 Å². The molecule has 0 heterocycles. The summed E-state index contributed by atoms with van der Waals surface area (Å²) in [5, 5.41) is 2.68. The van der Waals surface area contributed by atoms with Crippen molar-refractivity contribution in [1.29, 1.82) is 0 Å². The summed E-state index contributed by atoms with van der Waals surface area (Å²) < 4.78 is 10.7. The summed E-state index contributed by atoms with van der Waals surface area (Å²) >= 11 is 0. The second kappa shape index (κ2) is 8.52. The first-order valence-corrected chi connectivity index (χ1v) is 7.09. The molecule has 114 valence electrons. The van der Waals surface area contributed by atoms with Gasteiger partial charge >= 0.3 is 6.09 Å². The van der Waals surface area contributed by atoms with Gasteiger partial charge in [0.25, 0.3) is 0 Å². The molecule has 22 heavy (non-hydrogen) atoms. The fourth-order valence-electron chi connectivity index (χ4n) is 1.80. The molecule has 2 aromatic rings. The van der Waals surface area contributed by atoms with Crippen LogP contribution in [-0.2, 0) is 11.3 Å². The van der Waals surface area contributed by atoms with Gasteiger partial charge in [-0.2, -0.15) is 0 Å². The Morgan fingerprint density at radius 2 is 1.95 bits per heavy atom. The van der Waals surface area contributed by atoms with E-state index in [0.29, 0.717) is 18.0 Å². The third-order valence-corrected chi connectivity index (χ3v) is 2.88. The van der Waals surface area contributed by atoms with Crippen LogP contribution >= 0.6 is 0 Å². The second-order valence-corrected chi connectivity index (χ2v) is 4.64. The molecule has 0 aromatic heterocycles. The molecule has 0 aliphatic heterocycles. The molecule has 0 saturated carbocycles. The number of nitrogens with one attached hydrogen (secondary N) is 1. The zero-order chi connectivity index (χ0) is 15.6. The smallest absolute Gasteiger partial charge is 0.411 e. The SMILES string of the molecule is C=CCCOc1cccc(NC(=O)OCc2ccccc2)c1. The van der Waals surface area contributed by atoms with E-state index in [1.54, 1.807) is 18.2 Å². The molecule has 0 atom stereocenters. The van der Waals surface area contributed by atoms with Crippen LogP contribution in [0.1, 0.15) is 12.0 Å². The number of carbonyl (C=O) groups is 1. The molecule has 2 rings (SSSR count). The first-order valence-electron chi connectivity index (χ1n) is 7.09. The Morgan fingerprint density at radius 3 is 2.73 bits per heavy atom. The van der Waals surface area contributed by atoms with Crippen molar-refractivity contribution in [2.24, 2.45) is 0 Å². The van der Waals surface area contributed by atoms with Gasteiger partial charge in [0.1, 0.15) is 12.4 Å². The molecule has 0 aliphatic carbocycles. The van der Waals surface area contributed by atoms with E-state index in [2.05, 4.69) is 11.9 Å². The number of ether oxygens (including phenoxy) is 2. The fraction of sp³-hybridized carbons (Fsp3) is 0.167. The third kappa shape index (κ3) is 5.32. The number of rotatable bonds is 7. The van der Waals surface area contributed by atoms with E-state index in [1.807, 2.05) is 42.5 Å². The van der Waals surface area contributed by atoms with Gasteiger partial charge in [-0.15, -0.1) is 6.58 Å². The van der Waals surface area contributed by atoms with Crippen LogP contribution in [0.4, 0.5) is 10.5 Å². The number of hydrogen-bond donors (Lipinski definition) is 1. The minimum absolute atomic E-state index is 0.238. The molecule has 0 aliphatic rings. The van der Waals surface area contributed by atoms with Crippen molar-refractivity contribution in [2.45, 2.75) is 13.0 Å². The molecule has 4 nitrogen and oxygen atoms in total. The molecule has 0 radical (unpaired) electrons. The lowest BCUT2D eigenvalue weighted by molar-refractivity contribution is 0.155. The molecule has 1 amide bonds. The molecule has 0 fully saturated rings. The standard InChI is InChI=1S/C18H19NO3/c1-2-3-12-21-17-11-7-10-16(13-17)19-18(20)22-14-15-8-5-4-6-9-15/h2,4-11,13H,1,3,12,14H2,(H,19,20). The molecular formula is C18H19NO3. The Labute approximate surface area is 130 Å². The summed E-state index contributed by atoms with van der Waals surface area (Å²) in [5.74, 6) is 0.697. The zero-order valence-electron chi connectivity index (χ0n) is 12.3. The molecule has 0 spiro atoms. The maximum Gasteiger partial charge on any atom is 0.411 e. The molecule has 4 heteroatoms. The highest BCUT2D eigenvalue weighted by atomic mass is 16.5. The van der Waals surface area contributed by atoms with E-state index < -0.39 is 6.09 Å². The summed E-state index contributed by atoms with van der Waals surface area (Å²) in [6, 6.07) is 16.7. The van der Waals surface area contributed by atoms with Gasteiger partial charge in [0, 0.05) is 11.8 Å². The maximum atomic E-state index is 11.8. The van der Waals surface area contributed by atoms with Crippen molar-refractivity contribution in [3.05, 3.63) is 72.8 Å². The lowest BCUT2D eigenvalue weighted by Crippen LogP contribution is -2.13. The molecule has 1 N–H and O–H groups in total. The number of carbonyl (C=O) groups excluding carboxylic acids is 1. The van der Waals surface area contributed by atoms with Gasteiger partial charge < -0.3 is 9.47 Å². The largest absolute Gasteiger partial charge is 0.493 e. The first kappa shape index (κ1) is 15.6. The topological polar surface area (TPSA) is 47.6 Å². The van der Waals surface area contributed by atoms with Gasteiger partial charge in [-0.3, -0.25) is 5.32 Å². The number of amides is 1. The van der Waals surface area contributed by atoms with Crippen LogP contribution in [-0.4, -0.2) is 12.7 Å². The lowest BCUT2D eigenvalue weighted by atomic mass is 10.2. The predicted octanol–water partition coefficient (Wildman–Crippen LogP) is 4.39. The summed E-state index contributed by atoms with van der Waals surface area (Å²) in [6.45, 7) is 4.44. The van der Waals surface area contributed by atoms with Crippen molar-refractivity contribution >= 4 is 11.8 Å². The van der Waals surface area contributed by atoms with Crippen molar-refractivity contribution in [2.75, 3.05) is 11.9 Å². The minimum Gasteiger partial charge on any atom is -0.493 e. The zero-order valence-corrected chi connectivity index (χ0v) is 12.3. The molecule has 0 bridgehead atoms. The third-order valence-electron chi connectivity index (χ3n) is 2.88. The second-order valence-electron chi connectivity index (χ2n) is 4.64. The quantitative estimate of drug-likeness (QED) is 0.609. The van der Waals surface area contributed by atoms with E-state index in [1.165, 1.54) is 0 Å². The molecule has 0 saturated heterocycles. The lowest BCUT2D eigenvalue weighted by Gasteiger charge is -2.09. The van der Waals surface area contributed by atoms with Crippen LogP contribution in [0.3, 0.4) is 0 Å². The summed E-state index contributed by atoms with van der Waals surface area (Å²) in [7, 11) is 0. The van der Waals surface area contributed by atoms with E-state index in [4.69, 9.17) is 9.47 Å². The predicted molar refractivity (Wildman–Crippen MR) is 87.0 cm³/mol. The van der Waals surface area contributed by atoms with E-state index >= 15 is 0 Å². The van der Waals surface area contributed by atoms with Crippen LogP contribution in [0, 0.1) is 0 Å². The van der Waals surface area contributed by atoms with Crippen molar-refractivity contribution < 1.29 is 14.3 Å². The summed E-state index contributed by atoms with van der Waals surface area (Å²) in [5.41, 5.74) is 1.58.